The van der Waals surface area contributed by atoms with Gasteiger partial charge in [-0.3, -0.25) is 4.90 Å². The summed E-state index contributed by atoms with van der Waals surface area (Å²) in [5, 5.41) is 0. The lowest BCUT2D eigenvalue weighted by Crippen LogP contribution is -2.34. The lowest BCUT2D eigenvalue weighted by atomic mass is 10.2. The summed E-state index contributed by atoms with van der Waals surface area (Å²) in [6.45, 7) is 5.46. The minimum atomic E-state index is -0.347. The molecule has 0 atom stereocenters. The van der Waals surface area contributed by atoms with Crippen molar-refractivity contribution in [1.29, 1.82) is 0 Å². The van der Waals surface area contributed by atoms with E-state index < -0.39 is 0 Å². The number of nitrogens with two attached hydrogens (primary N) is 1. The minimum Gasteiger partial charge on any atom is -0.497 e. The summed E-state index contributed by atoms with van der Waals surface area (Å²) in [5.74, 6) is 1.01. The Balaban J connectivity index is 2.83. The van der Waals surface area contributed by atoms with Gasteiger partial charge in [0.1, 0.15) is 5.75 Å². The molecule has 0 saturated carbocycles. The Morgan fingerprint density at radius 3 is 2.75 bits per heavy atom. The fraction of sp³-hybridized carbons (Fsp3) is 0.533. The van der Waals surface area contributed by atoms with Gasteiger partial charge < -0.3 is 15.2 Å². The molecule has 0 aromatic heterocycles. The molecule has 0 aliphatic heterocycles. The molecule has 2 N–H and O–H groups in total. The van der Waals surface area contributed by atoms with Crippen LogP contribution in [0.25, 0.3) is 0 Å². The van der Waals surface area contributed by atoms with E-state index in [1.807, 2.05) is 38.1 Å². The number of anilines is 1. The quantitative estimate of drug-likeness (QED) is 0.834. The minimum absolute atomic E-state index is 0.306. The van der Waals surface area contributed by atoms with E-state index in [2.05, 4.69) is 0 Å². The van der Waals surface area contributed by atoms with Gasteiger partial charge in [-0.2, -0.15) is 0 Å². The second-order valence-electron chi connectivity index (χ2n) is 4.97. The zero-order valence-electron chi connectivity index (χ0n) is 12.5. The number of amides is 1. The van der Waals surface area contributed by atoms with E-state index in [4.69, 9.17) is 15.2 Å². The highest BCUT2D eigenvalue weighted by atomic mass is 16.6. The Morgan fingerprint density at radius 2 is 2.15 bits per heavy atom. The smallest absolute Gasteiger partial charge is 0.414 e. The predicted octanol–water partition coefficient (Wildman–Crippen LogP) is 2.64. The molecular formula is C15H24N2O3. The third-order valence-electron chi connectivity index (χ3n) is 2.71. The molecule has 0 spiro atoms. The van der Waals surface area contributed by atoms with E-state index in [1.54, 1.807) is 12.0 Å². The van der Waals surface area contributed by atoms with Gasteiger partial charge in [0, 0.05) is 12.6 Å². The number of ether oxygens (including phenoxy) is 2. The molecule has 0 aliphatic rings. The lowest BCUT2D eigenvalue weighted by Gasteiger charge is -2.23. The third-order valence-corrected chi connectivity index (χ3v) is 2.71. The Kier molecular flexibility index (Phi) is 6.87. The number of carbonyl (C=O) groups is 1. The number of methoxy groups -OCH3 is 1. The van der Waals surface area contributed by atoms with Gasteiger partial charge in [0.2, 0.25) is 0 Å². The molecule has 0 heterocycles. The summed E-state index contributed by atoms with van der Waals surface area (Å²) in [5.41, 5.74) is 6.29. The van der Waals surface area contributed by atoms with Gasteiger partial charge >= 0.3 is 6.09 Å². The zero-order valence-corrected chi connectivity index (χ0v) is 12.5. The van der Waals surface area contributed by atoms with Crippen molar-refractivity contribution in [2.24, 2.45) is 11.7 Å². The van der Waals surface area contributed by atoms with Crippen LogP contribution in [0.1, 0.15) is 20.3 Å². The van der Waals surface area contributed by atoms with Crippen molar-refractivity contribution in [2.75, 3.05) is 31.7 Å². The number of benzene rings is 1. The maximum atomic E-state index is 12.2. The molecule has 1 rings (SSSR count). The highest BCUT2D eigenvalue weighted by Gasteiger charge is 2.17. The van der Waals surface area contributed by atoms with Crippen molar-refractivity contribution in [3.63, 3.8) is 0 Å². The van der Waals surface area contributed by atoms with Gasteiger partial charge in [0.25, 0.3) is 0 Å². The largest absolute Gasteiger partial charge is 0.497 e. The number of hydrogen-bond acceptors (Lipinski definition) is 4. The Hall–Kier alpha value is -1.75. The summed E-state index contributed by atoms with van der Waals surface area (Å²) in [6, 6.07) is 7.35. The van der Waals surface area contributed by atoms with Crippen molar-refractivity contribution in [1.82, 2.24) is 0 Å². The van der Waals surface area contributed by atoms with Crippen LogP contribution in [0.3, 0.4) is 0 Å². The van der Waals surface area contributed by atoms with E-state index in [0.29, 0.717) is 37.8 Å². The summed E-state index contributed by atoms with van der Waals surface area (Å²) < 4.78 is 10.5. The van der Waals surface area contributed by atoms with E-state index in [-0.39, 0.29) is 6.09 Å². The van der Waals surface area contributed by atoms with E-state index in [0.717, 1.165) is 5.69 Å². The van der Waals surface area contributed by atoms with Crippen LogP contribution in [0.15, 0.2) is 24.3 Å². The van der Waals surface area contributed by atoms with Gasteiger partial charge in [0.15, 0.2) is 0 Å². The average Bonchev–Trinajstić information content (AvgIpc) is 2.45. The lowest BCUT2D eigenvalue weighted by molar-refractivity contribution is 0.140. The van der Waals surface area contributed by atoms with Gasteiger partial charge in [-0.1, -0.05) is 19.9 Å². The van der Waals surface area contributed by atoms with E-state index >= 15 is 0 Å². The van der Waals surface area contributed by atoms with Gasteiger partial charge in [-0.05, 0) is 31.0 Å². The molecular weight excluding hydrogens is 256 g/mol. The number of nitrogens with zero attached hydrogens (tertiary/aromatic N) is 1. The first kappa shape index (κ1) is 16.3. The van der Waals surface area contributed by atoms with Crippen LogP contribution in [-0.4, -0.2) is 32.9 Å². The summed E-state index contributed by atoms with van der Waals surface area (Å²) in [7, 11) is 1.60. The second kappa shape index (κ2) is 8.43. The zero-order chi connectivity index (χ0) is 15.0. The normalized spacial score (nSPS) is 10.4. The van der Waals surface area contributed by atoms with Crippen LogP contribution in [0, 0.1) is 5.92 Å². The first-order valence-corrected chi connectivity index (χ1v) is 6.87. The molecule has 1 aromatic carbocycles. The number of carbonyl (C=O) groups excluding carboxylic acids is 1. The van der Waals surface area contributed by atoms with Crippen LogP contribution < -0.4 is 15.4 Å². The summed E-state index contributed by atoms with van der Waals surface area (Å²) >= 11 is 0. The highest BCUT2D eigenvalue weighted by molar-refractivity contribution is 5.87. The summed E-state index contributed by atoms with van der Waals surface area (Å²) in [4.78, 5) is 13.8. The van der Waals surface area contributed by atoms with Crippen molar-refractivity contribution in [2.45, 2.75) is 20.3 Å². The van der Waals surface area contributed by atoms with Crippen LogP contribution in [0.4, 0.5) is 10.5 Å². The van der Waals surface area contributed by atoms with Crippen LogP contribution in [0.5, 0.6) is 5.75 Å². The molecule has 5 heteroatoms. The van der Waals surface area contributed by atoms with E-state index in [1.165, 1.54) is 0 Å². The molecule has 5 nitrogen and oxygen atoms in total. The number of rotatable bonds is 7. The Bertz CT molecular complexity index is 421. The Labute approximate surface area is 120 Å². The molecule has 20 heavy (non-hydrogen) atoms. The maximum absolute atomic E-state index is 12.2. The topological polar surface area (TPSA) is 64.8 Å². The maximum Gasteiger partial charge on any atom is 0.414 e. The number of hydrogen-bond donors (Lipinski definition) is 1. The van der Waals surface area contributed by atoms with Crippen LogP contribution in [0.2, 0.25) is 0 Å². The second-order valence-corrected chi connectivity index (χ2v) is 4.97. The van der Waals surface area contributed by atoms with E-state index in [9.17, 15) is 4.79 Å². The first-order valence-electron chi connectivity index (χ1n) is 6.87. The molecule has 0 saturated heterocycles. The van der Waals surface area contributed by atoms with Crippen molar-refractivity contribution < 1.29 is 14.3 Å². The predicted molar refractivity (Wildman–Crippen MR) is 80.2 cm³/mol. The molecule has 0 aliphatic carbocycles. The van der Waals surface area contributed by atoms with Crippen molar-refractivity contribution in [3.8, 4) is 5.75 Å². The van der Waals surface area contributed by atoms with Gasteiger partial charge in [0.05, 0.1) is 19.4 Å². The highest BCUT2D eigenvalue weighted by Crippen LogP contribution is 2.22. The molecule has 0 bridgehead atoms. The van der Waals surface area contributed by atoms with Crippen molar-refractivity contribution in [3.05, 3.63) is 24.3 Å². The van der Waals surface area contributed by atoms with Crippen LogP contribution >= 0.6 is 0 Å². The fourth-order valence-electron chi connectivity index (χ4n) is 1.67. The molecule has 112 valence electrons. The Morgan fingerprint density at radius 1 is 1.40 bits per heavy atom. The standard InChI is InChI=1S/C15H24N2O3/c1-12(2)11-20-15(18)17(9-5-8-16)13-6-4-7-14(10-13)19-3/h4,6-7,10,12H,5,8-9,11,16H2,1-3H3. The third kappa shape index (κ3) is 5.09. The molecule has 0 unspecified atom stereocenters. The first-order chi connectivity index (χ1) is 9.58. The van der Waals surface area contributed by atoms with Gasteiger partial charge in [-0.15, -0.1) is 0 Å². The van der Waals surface area contributed by atoms with Gasteiger partial charge in [-0.25, -0.2) is 4.79 Å². The van der Waals surface area contributed by atoms with Crippen molar-refractivity contribution >= 4 is 11.8 Å². The monoisotopic (exact) mass is 280 g/mol. The molecule has 1 aromatic rings. The van der Waals surface area contributed by atoms with Crippen LogP contribution in [-0.2, 0) is 4.74 Å². The molecule has 0 fully saturated rings. The molecule has 1 amide bonds. The fourth-order valence-corrected chi connectivity index (χ4v) is 1.67. The SMILES string of the molecule is COc1cccc(N(CCCN)C(=O)OCC(C)C)c1. The summed E-state index contributed by atoms with van der Waals surface area (Å²) in [6.07, 6.45) is 0.369. The average molecular weight is 280 g/mol. The molecule has 0 radical (unpaired) electrons.